The van der Waals surface area contributed by atoms with Crippen LogP contribution in [0.25, 0.3) is 94.7 Å². The van der Waals surface area contributed by atoms with Crippen LogP contribution >= 0.6 is 0 Å². The minimum absolute atomic E-state index is 0. The molecule has 4 heterocycles. The third-order valence-electron chi connectivity index (χ3n) is 12.4. The molecule has 0 bridgehead atoms. The fraction of sp³-hybridized carbons (Fsp3) is 0.120. The third kappa shape index (κ3) is 5.13. The first kappa shape index (κ1) is 35.2. The van der Waals surface area contributed by atoms with Gasteiger partial charge >= 0.3 is 0 Å². The van der Waals surface area contributed by atoms with Crippen LogP contribution in [0.1, 0.15) is 38.8 Å². The number of para-hydroxylation sites is 1. The van der Waals surface area contributed by atoms with E-state index in [1.54, 1.807) is 6.07 Å². The van der Waals surface area contributed by atoms with E-state index in [1.807, 2.05) is 54.6 Å². The summed E-state index contributed by atoms with van der Waals surface area (Å²) in [5.74, 6) is 0.932. The van der Waals surface area contributed by atoms with Crippen LogP contribution in [0, 0.1) is 6.07 Å². The molecule has 6 aromatic carbocycles. The van der Waals surface area contributed by atoms with Gasteiger partial charge in [-0.15, -0.1) is 12.1 Å². The number of hydrogen-bond donors (Lipinski definition) is 1. The summed E-state index contributed by atoms with van der Waals surface area (Å²) in [6, 6.07) is 48.6. The number of phenolic OH excluding ortho intramolecular Hbond substituents is 1. The van der Waals surface area contributed by atoms with Crippen molar-refractivity contribution in [1.82, 2.24) is 14.5 Å². The molecule has 0 saturated carbocycles. The molecule has 10 aromatic rings. The number of furan rings is 2. The van der Waals surface area contributed by atoms with Gasteiger partial charge in [0.25, 0.3) is 0 Å². The fourth-order valence-corrected chi connectivity index (χ4v) is 8.77. The van der Waals surface area contributed by atoms with Crippen molar-refractivity contribution in [1.29, 1.82) is 0 Å². The van der Waals surface area contributed by atoms with Gasteiger partial charge in [0, 0.05) is 54.7 Å². The molecule has 0 saturated heterocycles. The standard InChI is InChI=1S/C50H36N3O3.Pt/c1-49(2)36-16-11-17-40(54)46(36)47-37(50(49,3)4)22-23-38(51-47)39-28-53(31-21-25-42-34(27-31)32-14-8-9-18-41(32)55-42)48(52-39)33-15-10-19-44-45(33)35-26-30(20-24-43(35)56-44)29-12-6-5-7-13-29;/h5-14,16-28,54H,1-4H3;/q-1;. The Hall–Kier alpha value is -6.23. The number of hydrogen-bond acceptors (Lipinski definition) is 5. The second-order valence-electron chi connectivity index (χ2n) is 15.9. The molecule has 4 aromatic heterocycles. The van der Waals surface area contributed by atoms with E-state index in [2.05, 4.69) is 117 Å². The molecule has 6 nitrogen and oxygen atoms in total. The predicted molar refractivity (Wildman–Crippen MR) is 224 cm³/mol. The van der Waals surface area contributed by atoms with Crippen molar-refractivity contribution in [2.75, 3.05) is 0 Å². The normalized spacial score (nSPS) is 14.2. The Morgan fingerprint density at radius 3 is 2.19 bits per heavy atom. The Morgan fingerprint density at radius 1 is 0.596 bits per heavy atom. The maximum Gasteiger partial charge on any atom is 0.135 e. The van der Waals surface area contributed by atoms with Crippen LogP contribution in [0.15, 0.2) is 148 Å². The van der Waals surface area contributed by atoms with Gasteiger partial charge in [-0.3, -0.25) is 4.98 Å². The minimum Gasteiger partial charge on any atom is -0.507 e. The molecule has 0 aliphatic heterocycles. The Kier molecular flexibility index (Phi) is 7.81. The smallest absolute Gasteiger partial charge is 0.135 e. The number of imidazole rings is 1. The van der Waals surface area contributed by atoms with E-state index in [0.29, 0.717) is 17.2 Å². The number of fused-ring (bicyclic) bond motifs is 9. The first-order chi connectivity index (χ1) is 27.2. The van der Waals surface area contributed by atoms with Crippen LogP contribution in [0.5, 0.6) is 5.75 Å². The first-order valence-electron chi connectivity index (χ1n) is 19.0. The maximum atomic E-state index is 11.3. The number of nitrogens with zero attached hydrogens (tertiary/aromatic N) is 3. The van der Waals surface area contributed by atoms with Gasteiger partial charge in [0.15, 0.2) is 0 Å². The largest absolute Gasteiger partial charge is 0.507 e. The van der Waals surface area contributed by atoms with Crippen molar-refractivity contribution >= 4 is 43.9 Å². The summed E-state index contributed by atoms with van der Waals surface area (Å²) in [6.45, 7) is 9.01. The van der Waals surface area contributed by atoms with Gasteiger partial charge in [0.1, 0.15) is 22.5 Å². The second kappa shape index (κ2) is 12.6. The monoisotopic (exact) mass is 921 g/mol. The number of aromatic hydroxyl groups is 1. The van der Waals surface area contributed by atoms with Crippen molar-refractivity contribution < 1.29 is 35.0 Å². The topological polar surface area (TPSA) is 77.2 Å². The quantitative estimate of drug-likeness (QED) is 0.178. The van der Waals surface area contributed by atoms with E-state index in [9.17, 15) is 5.11 Å². The van der Waals surface area contributed by atoms with Crippen molar-refractivity contribution in [3.8, 4) is 56.6 Å². The van der Waals surface area contributed by atoms with E-state index < -0.39 is 0 Å². The van der Waals surface area contributed by atoms with Gasteiger partial charge < -0.3 is 18.5 Å². The fourth-order valence-electron chi connectivity index (χ4n) is 8.77. The molecule has 0 amide bonds. The van der Waals surface area contributed by atoms with E-state index in [4.69, 9.17) is 18.8 Å². The van der Waals surface area contributed by atoms with Crippen molar-refractivity contribution in [2.24, 2.45) is 0 Å². The van der Waals surface area contributed by atoms with Gasteiger partial charge in [0.2, 0.25) is 0 Å². The molecule has 1 aliphatic rings. The van der Waals surface area contributed by atoms with Gasteiger partial charge in [-0.2, -0.15) is 0 Å². The average Bonchev–Trinajstić information content (AvgIpc) is 3.94. The molecule has 7 heteroatoms. The van der Waals surface area contributed by atoms with Crippen LogP contribution in [0.3, 0.4) is 0 Å². The second-order valence-corrected chi connectivity index (χ2v) is 15.9. The third-order valence-corrected chi connectivity index (χ3v) is 12.4. The molecule has 57 heavy (non-hydrogen) atoms. The summed E-state index contributed by atoms with van der Waals surface area (Å²) < 4.78 is 14.8. The Labute approximate surface area is 343 Å². The van der Waals surface area contributed by atoms with E-state index in [0.717, 1.165) is 88.6 Å². The first-order valence-corrected chi connectivity index (χ1v) is 19.0. The molecule has 0 spiro atoms. The molecule has 0 atom stereocenters. The number of rotatable bonds is 4. The molecule has 1 N–H and O–H groups in total. The summed E-state index contributed by atoms with van der Waals surface area (Å²) in [5.41, 5.74) is 11.8. The Bertz CT molecular complexity index is 3220. The number of benzene rings is 6. The van der Waals surface area contributed by atoms with Crippen molar-refractivity contribution in [3.63, 3.8) is 0 Å². The van der Waals surface area contributed by atoms with Gasteiger partial charge in [0.05, 0.1) is 28.5 Å². The van der Waals surface area contributed by atoms with Gasteiger partial charge in [-0.25, -0.2) is 4.98 Å². The van der Waals surface area contributed by atoms with E-state index in [-0.39, 0.29) is 37.6 Å². The van der Waals surface area contributed by atoms with Gasteiger partial charge in [-0.1, -0.05) is 124 Å². The van der Waals surface area contributed by atoms with Crippen molar-refractivity contribution in [2.45, 2.75) is 38.5 Å². The van der Waals surface area contributed by atoms with Crippen LogP contribution in [0.2, 0.25) is 0 Å². The Balaban J connectivity index is 0.00000396. The SMILES string of the molecule is CC1(C)c2ccc(-c3cn(-c4ccc5oc6ccccc6c5c4)c(-c4[c-]ccc5oc6ccc(-c7ccccc7)cc6c45)n3)nc2-c2c(O)cccc2C1(C)C.[Pt]. The zero-order valence-electron chi connectivity index (χ0n) is 31.7. The van der Waals surface area contributed by atoms with Crippen LogP contribution < -0.4 is 0 Å². The summed E-state index contributed by atoms with van der Waals surface area (Å²) in [7, 11) is 0. The summed E-state index contributed by atoms with van der Waals surface area (Å²) in [4.78, 5) is 10.7. The number of phenols is 1. The summed E-state index contributed by atoms with van der Waals surface area (Å²) in [6.07, 6.45) is 2.06. The molecular weight excluding hydrogens is 886 g/mol. The molecule has 0 unspecified atom stereocenters. The number of aromatic nitrogens is 3. The van der Waals surface area contributed by atoms with Crippen molar-refractivity contribution in [3.05, 3.63) is 157 Å². The van der Waals surface area contributed by atoms with Crippen LogP contribution in [-0.2, 0) is 31.9 Å². The molecule has 280 valence electrons. The van der Waals surface area contributed by atoms with Crippen LogP contribution in [0.4, 0.5) is 0 Å². The summed E-state index contributed by atoms with van der Waals surface area (Å²) in [5, 5.41) is 15.3. The predicted octanol–water partition coefficient (Wildman–Crippen LogP) is 12.8. The van der Waals surface area contributed by atoms with E-state index in [1.165, 1.54) is 0 Å². The zero-order chi connectivity index (χ0) is 37.9. The molecule has 11 rings (SSSR count). The van der Waals surface area contributed by atoms with E-state index >= 15 is 0 Å². The Morgan fingerprint density at radius 2 is 1.33 bits per heavy atom. The zero-order valence-corrected chi connectivity index (χ0v) is 34.0. The molecule has 0 fully saturated rings. The summed E-state index contributed by atoms with van der Waals surface area (Å²) >= 11 is 0. The molecular formula is C50H36N3O3Pt-. The van der Waals surface area contributed by atoms with Crippen LogP contribution in [-0.4, -0.2) is 19.6 Å². The molecule has 1 aliphatic carbocycles. The number of pyridine rings is 1. The maximum absolute atomic E-state index is 11.3. The minimum atomic E-state index is -0.256. The average molecular weight is 922 g/mol. The van der Waals surface area contributed by atoms with Gasteiger partial charge in [-0.05, 0) is 75.5 Å². The molecule has 0 radical (unpaired) electrons.